The number of unbranched alkanes of at least 4 members (excludes halogenated alkanes) is 1. The number of aromatic nitrogens is 1. The summed E-state index contributed by atoms with van der Waals surface area (Å²) in [6.45, 7) is 4.02. The van der Waals surface area contributed by atoms with Gasteiger partial charge in [0.05, 0.1) is 49.4 Å². The van der Waals surface area contributed by atoms with Crippen molar-refractivity contribution in [3.63, 3.8) is 0 Å². The maximum absolute atomic E-state index is 12.7. The van der Waals surface area contributed by atoms with Crippen molar-refractivity contribution in [1.82, 2.24) is 10.3 Å². The molecule has 3 N–H and O–H groups in total. The number of aryl methyl sites for hydroxylation is 1. The molecule has 44 heavy (non-hydrogen) atoms. The number of Topliss-reactive ketones (excluding diaryl/α,β-unsaturated/α-hetero) is 1. The van der Waals surface area contributed by atoms with E-state index in [1.165, 1.54) is 12.1 Å². The fraction of sp³-hybridized carbons (Fsp3) is 0.517. The zero-order valence-electron chi connectivity index (χ0n) is 24.6. The lowest BCUT2D eigenvalue weighted by Gasteiger charge is -2.18. The van der Waals surface area contributed by atoms with Crippen LogP contribution in [0.5, 0.6) is 5.75 Å². The number of carboxylic acids is 1. The minimum absolute atomic E-state index is 0.119. The number of amides is 1. The SMILES string of the molecule is Cc1ccnc(NCCCCC(=O)NCC(=O)CC(CC(=O)O)c2cc(Cl)c(OCCOCCOCCN=[N+]=[N-])c(Cl)c2)c1. The molecule has 0 spiro atoms. The van der Waals surface area contributed by atoms with E-state index in [0.717, 1.165) is 17.8 Å². The Morgan fingerprint density at radius 3 is 2.43 bits per heavy atom. The van der Waals surface area contributed by atoms with Crippen LogP contribution in [0.15, 0.2) is 35.6 Å². The molecular weight excluding hydrogens is 615 g/mol. The van der Waals surface area contributed by atoms with Crippen LogP contribution in [-0.2, 0) is 23.9 Å². The lowest BCUT2D eigenvalue weighted by Crippen LogP contribution is -2.30. The number of carboxylic acid groups (broad SMARTS) is 1. The second-order valence-corrected chi connectivity index (χ2v) is 10.6. The number of hydrogen-bond donors (Lipinski definition) is 3. The fourth-order valence-electron chi connectivity index (χ4n) is 4.04. The van der Waals surface area contributed by atoms with Crippen molar-refractivity contribution in [3.8, 4) is 5.75 Å². The molecule has 13 nitrogen and oxygen atoms in total. The van der Waals surface area contributed by atoms with Gasteiger partial charge >= 0.3 is 5.97 Å². The first-order valence-corrected chi connectivity index (χ1v) is 14.9. The van der Waals surface area contributed by atoms with Crippen LogP contribution < -0.4 is 15.4 Å². The van der Waals surface area contributed by atoms with Crippen LogP contribution in [0.1, 0.15) is 49.1 Å². The van der Waals surface area contributed by atoms with Crippen LogP contribution in [0.2, 0.25) is 10.0 Å². The number of ether oxygens (including phenoxy) is 3. The van der Waals surface area contributed by atoms with Crippen LogP contribution >= 0.6 is 23.2 Å². The van der Waals surface area contributed by atoms with Crippen molar-refractivity contribution in [1.29, 1.82) is 0 Å². The molecule has 2 aromatic rings. The van der Waals surface area contributed by atoms with E-state index in [4.69, 9.17) is 42.9 Å². The molecule has 1 heterocycles. The average molecular weight is 654 g/mol. The highest BCUT2D eigenvalue weighted by molar-refractivity contribution is 6.37. The molecule has 1 aromatic carbocycles. The number of carbonyl (C=O) groups is 3. The predicted octanol–water partition coefficient (Wildman–Crippen LogP) is 5.34. The Labute approximate surface area is 266 Å². The van der Waals surface area contributed by atoms with E-state index in [0.29, 0.717) is 38.3 Å². The normalized spacial score (nSPS) is 11.3. The summed E-state index contributed by atoms with van der Waals surface area (Å²) < 4.78 is 16.3. The van der Waals surface area contributed by atoms with Gasteiger partial charge in [-0.15, -0.1) is 0 Å². The Morgan fingerprint density at radius 1 is 1.05 bits per heavy atom. The van der Waals surface area contributed by atoms with E-state index in [-0.39, 0.29) is 73.1 Å². The number of anilines is 1. The maximum atomic E-state index is 12.7. The molecule has 1 aromatic heterocycles. The smallest absolute Gasteiger partial charge is 0.303 e. The second-order valence-electron chi connectivity index (χ2n) is 9.76. The molecule has 1 amide bonds. The van der Waals surface area contributed by atoms with Gasteiger partial charge in [-0.05, 0) is 60.7 Å². The van der Waals surface area contributed by atoms with Gasteiger partial charge in [-0.3, -0.25) is 14.4 Å². The number of benzene rings is 1. The van der Waals surface area contributed by atoms with E-state index in [9.17, 15) is 19.5 Å². The highest BCUT2D eigenvalue weighted by Gasteiger charge is 2.22. The van der Waals surface area contributed by atoms with Crippen LogP contribution in [0, 0.1) is 6.92 Å². The maximum Gasteiger partial charge on any atom is 0.303 e. The summed E-state index contributed by atoms with van der Waals surface area (Å²) in [7, 11) is 0. The fourth-order valence-corrected chi connectivity index (χ4v) is 4.65. The summed E-state index contributed by atoms with van der Waals surface area (Å²) in [6, 6.07) is 6.91. The first kappa shape index (κ1) is 36.6. The number of carbonyl (C=O) groups excluding carboxylic acids is 2. The molecule has 0 fully saturated rings. The van der Waals surface area contributed by atoms with Gasteiger partial charge in [-0.2, -0.15) is 0 Å². The Bertz CT molecular complexity index is 1250. The van der Waals surface area contributed by atoms with Gasteiger partial charge in [0.1, 0.15) is 12.4 Å². The van der Waals surface area contributed by atoms with Gasteiger partial charge in [0.15, 0.2) is 11.5 Å². The van der Waals surface area contributed by atoms with Gasteiger partial charge in [0.2, 0.25) is 5.91 Å². The molecule has 0 aliphatic rings. The summed E-state index contributed by atoms with van der Waals surface area (Å²) in [5.41, 5.74) is 9.78. The Hall–Kier alpha value is -3.61. The van der Waals surface area contributed by atoms with E-state index in [1.807, 2.05) is 19.1 Å². The molecule has 0 aliphatic carbocycles. The van der Waals surface area contributed by atoms with Crippen molar-refractivity contribution in [2.24, 2.45) is 5.11 Å². The van der Waals surface area contributed by atoms with E-state index in [1.54, 1.807) is 6.20 Å². The minimum Gasteiger partial charge on any atom is -0.488 e. The topological polar surface area (TPSA) is 185 Å². The number of pyridine rings is 1. The minimum atomic E-state index is -1.09. The molecule has 0 radical (unpaired) electrons. The van der Waals surface area contributed by atoms with Gasteiger partial charge in [0, 0.05) is 43.0 Å². The van der Waals surface area contributed by atoms with E-state index >= 15 is 0 Å². The van der Waals surface area contributed by atoms with Crippen LogP contribution in [0.4, 0.5) is 5.82 Å². The van der Waals surface area contributed by atoms with Gasteiger partial charge in [0.25, 0.3) is 0 Å². The number of aliphatic carboxylic acids is 1. The van der Waals surface area contributed by atoms with Crippen molar-refractivity contribution < 1.29 is 33.7 Å². The van der Waals surface area contributed by atoms with E-state index < -0.39 is 11.9 Å². The molecule has 2 rings (SSSR count). The standard InChI is InChI=1S/C29H38Cl2N6O7/c1-20-5-7-34-26(14-20)33-6-3-2-4-27(39)35-19-23(38)15-21(18-28(40)41)22-16-24(30)29(25(31)17-22)44-13-12-43-11-10-42-9-8-36-37-32/h5,7,14,16-17,21H,2-4,6,8-13,15,18-19H2,1H3,(H,33,34)(H,35,39)(H,40,41). The zero-order chi connectivity index (χ0) is 32.2. The van der Waals surface area contributed by atoms with Crippen molar-refractivity contribution >= 4 is 46.7 Å². The lowest BCUT2D eigenvalue weighted by molar-refractivity contribution is -0.137. The third kappa shape index (κ3) is 15.2. The molecule has 0 bridgehead atoms. The third-order valence-corrected chi connectivity index (χ3v) is 6.73. The van der Waals surface area contributed by atoms with Gasteiger partial charge in [-0.1, -0.05) is 28.3 Å². The van der Waals surface area contributed by atoms with Crippen molar-refractivity contribution in [2.45, 2.75) is 44.9 Å². The van der Waals surface area contributed by atoms with E-state index in [2.05, 4.69) is 25.6 Å². The number of halogens is 2. The van der Waals surface area contributed by atoms with Gasteiger partial charge in [-0.25, -0.2) is 4.98 Å². The Kier molecular flexibility index (Phi) is 17.6. The molecule has 0 aliphatic heterocycles. The number of nitrogens with one attached hydrogen (secondary N) is 2. The number of hydrogen-bond acceptors (Lipinski definition) is 9. The predicted molar refractivity (Wildman–Crippen MR) is 167 cm³/mol. The second kappa shape index (κ2) is 21.2. The van der Waals surface area contributed by atoms with Crippen molar-refractivity contribution in [3.05, 3.63) is 62.1 Å². The summed E-state index contributed by atoms with van der Waals surface area (Å²) in [4.78, 5) is 43.3. The van der Waals surface area contributed by atoms with Gasteiger partial charge < -0.3 is 30.0 Å². The average Bonchev–Trinajstić information content (AvgIpc) is 2.97. The number of rotatable bonds is 23. The Morgan fingerprint density at radius 2 is 1.75 bits per heavy atom. The first-order valence-electron chi connectivity index (χ1n) is 14.1. The summed E-state index contributed by atoms with van der Waals surface area (Å²) in [5.74, 6) is -1.37. The number of nitrogens with zero attached hydrogens (tertiary/aromatic N) is 4. The molecule has 0 saturated carbocycles. The molecule has 0 saturated heterocycles. The molecule has 15 heteroatoms. The summed E-state index contributed by atoms with van der Waals surface area (Å²) >= 11 is 12.8. The number of ketones is 1. The zero-order valence-corrected chi connectivity index (χ0v) is 26.1. The Balaban J connectivity index is 1.76. The molecule has 240 valence electrons. The van der Waals surface area contributed by atoms with Crippen LogP contribution in [0.3, 0.4) is 0 Å². The molecule has 1 unspecified atom stereocenters. The molecule has 1 atom stereocenters. The first-order chi connectivity index (χ1) is 21.2. The molecular formula is C29H38Cl2N6O7. The highest BCUT2D eigenvalue weighted by atomic mass is 35.5. The number of azide groups is 1. The van der Waals surface area contributed by atoms with Crippen molar-refractivity contribution in [2.75, 3.05) is 58.0 Å². The summed E-state index contributed by atoms with van der Waals surface area (Å²) in [6.07, 6.45) is 2.93. The lowest BCUT2D eigenvalue weighted by atomic mass is 9.90. The monoisotopic (exact) mass is 652 g/mol. The highest BCUT2D eigenvalue weighted by Crippen LogP contribution is 2.38. The summed E-state index contributed by atoms with van der Waals surface area (Å²) in [5, 5.41) is 18.9. The third-order valence-electron chi connectivity index (χ3n) is 6.17. The quantitative estimate of drug-likeness (QED) is 0.0617. The largest absolute Gasteiger partial charge is 0.488 e. The van der Waals surface area contributed by atoms with Crippen LogP contribution in [0.25, 0.3) is 10.4 Å². The van der Waals surface area contributed by atoms with Crippen LogP contribution in [-0.4, -0.2) is 80.4 Å².